The van der Waals surface area contributed by atoms with Gasteiger partial charge in [-0.3, -0.25) is 4.79 Å². The summed E-state index contributed by atoms with van der Waals surface area (Å²) >= 11 is 12.2. The molecule has 3 rings (SSSR count). The fourth-order valence-corrected chi connectivity index (χ4v) is 4.00. The molecule has 0 amide bonds. The van der Waals surface area contributed by atoms with Crippen LogP contribution in [-0.4, -0.2) is 5.52 Å². The summed E-state index contributed by atoms with van der Waals surface area (Å²) in [5.41, 5.74) is 2.64. The Morgan fingerprint density at radius 2 is 1.25 bits per heavy atom. The fraction of sp³-hybridized carbons (Fsp3) is 0. The van der Waals surface area contributed by atoms with Gasteiger partial charge in [0.2, 0.25) is 0 Å². The maximum Gasteiger partial charge on any atom is 1.00 e. The van der Waals surface area contributed by atoms with Crippen molar-refractivity contribution in [1.29, 1.82) is 0 Å². The zero-order chi connectivity index (χ0) is 16.2. The molecule has 0 heterocycles. The van der Waals surface area contributed by atoms with Crippen molar-refractivity contribution in [3.05, 3.63) is 88.4 Å². The maximum absolute atomic E-state index is 12.5. The summed E-state index contributed by atoms with van der Waals surface area (Å²) < 4.78 is 0. The Balaban J connectivity index is 0.00000208. The first kappa shape index (κ1) is 19.3. The molecule has 3 aromatic rings. The molecule has 0 saturated heterocycles. The fourth-order valence-electron chi connectivity index (χ4n) is 2.28. The average molecular weight is 366 g/mol. The molecule has 0 N–H and O–H groups in total. The van der Waals surface area contributed by atoms with Crippen molar-refractivity contribution >= 4 is 42.6 Å². The van der Waals surface area contributed by atoms with Crippen molar-refractivity contribution in [2.24, 2.45) is 0 Å². The molecular weight excluding hydrogens is 353 g/mol. The minimum atomic E-state index is -0.0481. The van der Waals surface area contributed by atoms with Gasteiger partial charge in [-0.2, -0.15) is 0 Å². The third kappa shape index (κ3) is 4.51. The Morgan fingerprint density at radius 1 is 0.708 bits per heavy atom. The molecule has 0 aliphatic carbocycles. The minimum absolute atomic E-state index is 0. The first-order valence-corrected chi connectivity index (χ1v) is 8.81. The monoisotopic (exact) mass is 365 g/mol. The Labute approximate surface area is 165 Å². The van der Waals surface area contributed by atoms with E-state index in [4.69, 9.17) is 23.2 Å². The summed E-state index contributed by atoms with van der Waals surface area (Å²) in [4.78, 5) is 12.5. The normalized spacial score (nSPS) is 10.6. The second-order valence-electron chi connectivity index (χ2n) is 4.99. The average Bonchev–Trinajstić information content (AvgIpc) is 2.56. The van der Waals surface area contributed by atoms with Gasteiger partial charge < -0.3 is 0 Å². The van der Waals surface area contributed by atoms with E-state index in [1.807, 2.05) is 42.5 Å². The molecule has 0 bridgehead atoms. The van der Waals surface area contributed by atoms with Crippen LogP contribution in [0.5, 0.6) is 0 Å². The first-order chi connectivity index (χ1) is 11.1. The quantitative estimate of drug-likeness (QED) is 0.513. The standard InChI is InChI=1S/C19H13Cl2OP.Li/c20-16-7-4-8-17(21)18(16)19(22)23-15-11-9-14(10-12-15)13-5-2-1-3-6-13;/h1-12,23H;/q;+1. The van der Waals surface area contributed by atoms with Crippen LogP contribution in [0.4, 0.5) is 0 Å². The van der Waals surface area contributed by atoms with Crippen LogP contribution in [0.2, 0.25) is 10.0 Å². The van der Waals surface area contributed by atoms with E-state index >= 15 is 0 Å². The van der Waals surface area contributed by atoms with Crippen LogP contribution in [0.3, 0.4) is 0 Å². The van der Waals surface area contributed by atoms with Crippen molar-refractivity contribution in [3.63, 3.8) is 0 Å². The smallest absolute Gasteiger partial charge is 0.289 e. The number of benzene rings is 3. The second-order valence-corrected chi connectivity index (χ2v) is 7.09. The molecule has 1 nitrogen and oxygen atoms in total. The zero-order valence-electron chi connectivity index (χ0n) is 13.1. The minimum Gasteiger partial charge on any atom is -0.289 e. The van der Waals surface area contributed by atoms with Crippen LogP contribution in [0.15, 0.2) is 72.8 Å². The van der Waals surface area contributed by atoms with Crippen molar-refractivity contribution in [1.82, 2.24) is 0 Å². The van der Waals surface area contributed by atoms with E-state index in [1.54, 1.807) is 18.2 Å². The summed E-state index contributed by atoms with van der Waals surface area (Å²) in [6.07, 6.45) is 0. The van der Waals surface area contributed by atoms with E-state index in [2.05, 4.69) is 12.1 Å². The summed E-state index contributed by atoms with van der Waals surface area (Å²) in [7, 11) is -0.00529. The van der Waals surface area contributed by atoms with Crippen LogP contribution in [0.1, 0.15) is 10.4 Å². The predicted octanol–water partition coefficient (Wildman–Crippen LogP) is 2.81. The van der Waals surface area contributed by atoms with Gasteiger partial charge in [-0.25, -0.2) is 0 Å². The third-order valence-electron chi connectivity index (χ3n) is 3.44. The zero-order valence-corrected chi connectivity index (χ0v) is 15.6. The van der Waals surface area contributed by atoms with Crippen molar-refractivity contribution < 1.29 is 23.7 Å². The molecule has 0 radical (unpaired) electrons. The van der Waals surface area contributed by atoms with Crippen LogP contribution in [0.25, 0.3) is 11.1 Å². The van der Waals surface area contributed by atoms with Crippen LogP contribution < -0.4 is 24.2 Å². The summed E-state index contributed by atoms with van der Waals surface area (Å²) in [5.74, 6) is 0. The topological polar surface area (TPSA) is 17.1 Å². The van der Waals surface area contributed by atoms with E-state index in [-0.39, 0.29) is 33.0 Å². The Hall–Kier alpha value is -1.06. The Kier molecular flexibility index (Phi) is 7.12. The first-order valence-electron chi connectivity index (χ1n) is 7.06. The van der Waals surface area contributed by atoms with E-state index in [9.17, 15) is 4.79 Å². The molecule has 114 valence electrons. The van der Waals surface area contributed by atoms with Crippen LogP contribution in [0, 0.1) is 0 Å². The Morgan fingerprint density at radius 3 is 1.83 bits per heavy atom. The molecule has 0 aliphatic rings. The molecule has 0 aromatic heterocycles. The van der Waals surface area contributed by atoms with Gasteiger partial charge in [0.15, 0.2) is 5.52 Å². The van der Waals surface area contributed by atoms with E-state index in [0.717, 1.165) is 16.4 Å². The maximum atomic E-state index is 12.5. The van der Waals surface area contributed by atoms with Gasteiger partial charge in [-0.15, -0.1) is 0 Å². The Bertz CT molecular complexity index is 815. The van der Waals surface area contributed by atoms with Gasteiger partial charge in [0.05, 0.1) is 15.6 Å². The molecule has 0 fully saturated rings. The van der Waals surface area contributed by atoms with Crippen molar-refractivity contribution in [3.8, 4) is 11.1 Å². The molecule has 0 spiro atoms. The van der Waals surface area contributed by atoms with Gasteiger partial charge in [-0.05, 0) is 37.1 Å². The van der Waals surface area contributed by atoms with E-state index in [1.165, 1.54) is 0 Å². The number of carbonyl (C=O) groups is 1. The number of hydrogen-bond acceptors (Lipinski definition) is 1. The summed E-state index contributed by atoms with van der Waals surface area (Å²) in [5, 5.41) is 1.76. The summed E-state index contributed by atoms with van der Waals surface area (Å²) in [6.45, 7) is 0. The van der Waals surface area contributed by atoms with Gasteiger partial charge in [0, 0.05) is 0 Å². The molecule has 3 aromatic carbocycles. The molecule has 5 heteroatoms. The van der Waals surface area contributed by atoms with Crippen molar-refractivity contribution in [2.75, 3.05) is 0 Å². The third-order valence-corrected chi connectivity index (χ3v) is 5.17. The van der Waals surface area contributed by atoms with Crippen LogP contribution >= 0.6 is 31.8 Å². The van der Waals surface area contributed by atoms with E-state index < -0.39 is 0 Å². The number of carbonyl (C=O) groups excluding carboxylic acids is 1. The van der Waals surface area contributed by atoms with Gasteiger partial charge >= 0.3 is 18.9 Å². The number of rotatable bonds is 4. The molecule has 0 saturated carbocycles. The number of hydrogen-bond donors (Lipinski definition) is 0. The molecule has 24 heavy (non-hydrogen) atoms. The predicted molar refractivity (Wildman–Crippen MR) is 101 cm³/mol. The molecule has 0 aliphatic heterocycles. The molecule has 1 atom stereocenters. The SMILES string of the molecule is O=C(Pc1ccc(-c2ccccc2)cc1)c1c(Cl)cccc1Cl.[Li+]. The van der Waals surface area contributed by atoms with Gasteiger partial charge in [0.25, 0.3) is 0 Å². The molecular formula is C19H13Cl2LiOP+. The summed E-state index contributed by atoms with van der Waals surface area (Å²) in [6, 6.07) is 23.2. The largest absolute Gasteiger partial charge is 1.00 e. The molecule has 1 unspecified atom stereocenters. The van der Waals surface area contributed by atoms with Crippen molar-refractivity contribution in [2.45, 2.75) is 0 Å². The van der Waals surface area contributed by atoms with Gasteiger partial charge in [0.1, 0.15) is 0 Å². The second kappa shape index (κ2) is 8.86. The van der Waals surface area contributed by atoms with Crippen LogP contribution in [-0.2, 0) is 0 Å². The van der Waals surface area contributed by atoms with Gasteiger partial charge in [-0.1, -0.05) is 83.9 Å². The van der Waals surface area contributed by atoms with E-state index in [0.29, 0.717) is 15.6 Å². The number of halogens is 2.